The highest BCUT2D eigenvalue weighted by Gasteiger charge is 2.06. The lowest BCUT2D eigenvalue weighted by atomic mass is 10.2. The molecule has 0 radical (unpaired) electrons. The van der Waals surface area contributed by atoms with E-state index in [4.69, 9.17) is 5.11 Å². The topological polar surface area (TPSA) is 49.3 Å². The minimum atomic E-state index is -0.502. The van der Waals surface area contributed by atoms with Crippen LogP contribution in [0.3, 0.4) is 0 Å². The van der Waals surface area contributed by atoms with E-state index in [1.54, 1.807) is 6.92 Å². The highest BCUT2D eigenvalue weighted by atomic mass is 79.9. The number of aryl methyl sites for hydroxylation is 1. The Morgan fingerprint density at radius 2 is 2.29 bits per heavy atom. The van der Waals surface area contributed by atoms with Crippen LogP contribution in [0.5, 0.6) is 0 Å². The van der Waals surface area contributed by atoms with Crippen molar-refractivity contribution in [1.82, 2.24) is 5.32 Å². The maximum absolute atomic E-state index is 11.4. The van der Waals surface area contributed by atoms with Gasteiger partial charge in [0.05, 0.1) is 11.9 Å². The first-order valence-corrected chi connectivity index (χ1v) is 7.10. The van der Waals surface area contributed by atoms with E-state index in [1.165, 1.54) is 11.8 Å². The molecule has 0 aliphatic rings. The number of hydrogen-bond donors (Lipinski definition) is 2. The molecule has 5 heteroatoms. The first kappa shape index (κ1) is 14.5. The second-order valence-electron chi connectivity index (χ2n) is 3.85. The van der Waals surface area contributed by atoms with Gasteiger partial charge < -0.3 is 10.4 Å². The van der Waals surface area contributed by atoms with Crippen molar-refractivity contribution in [2.75, 3.05) is 12.3 Å². The van der Waals surface area contributed by atoms with Crippen molar-refractivity contribution < 1.29 is 9.90 Å². The van der Waals surface area contributed by atoms with Gasteiger partial charge in [-0.1, -0.05) is 15.9 Å². The number of hydrogen-bond acceptors (Lipinski definition) is 3. The summed E-state index contributed by atoms with van der Waals surface area (Å²) in [5, 5.41) is 11.7. The molecule has 1 atom stereocenters. The third-order valence-corrected chi connectivity index (χ3v) is 3.76. The fourth-order valence-electron chi connectivity index (χ4n) is 1.23. The second-order valence-corrected chi connectivity index (χ2v) is 5.78. The molecular weight excluding hydrogens is 302 g/mol. The monoisotopic (exact) mass is 317 g/mol. The Morgan fingerprint density at radius 3 is 2.88 bits per heavy atom. The van der Waals surface area contributed by atoms with Crippen molar-refractivity contribution in [2.45, 2.75) is 24.8 Å². The second kappa shape index (κ2) is 7.03. The smallest absolute Gasteiger partial charge is 0.230 e. The summed E-state index contributed by atoms with van der Waals surface area (Å²) in [5.74, 6) is 0.313. The zero-order valence-corrected chi connectivity index (χ0v) is 12.3. The van der Waals surface area contributed by atoms with Gasteiger partial charge >= 0.3 is 0 Å². The minimum absolute atomic E-state index is 0.0572. The molecule has 0 aromatic heterocycles. The number of aliphatic hydroxyl groups is 1. The van der Waals surface area contributed by atoms with E-state index in [-0.39, 0.29) is 5.91 Å². The molecule has 2 N–H and O–H groups in total. The average Bonchev–Trinajstić information content (AvgIpc) is 2.25. The predicted octanol–water partition coefficient (Wildman–Crippen LogP) is 2.35. The number of carbonyl (C=O) groups excluding carboxylic acids is 1. The van der Waals surface area contributed by atoms with E-state index in [9.17, 15) is 4.79 Å². The first-order valence-electron chi connectivity index (χ1n) is 5.32. The van der Waals surface area contributed by atoms with Gasteiger partial charge in [0.25, 0.3) is 0 Å². The van der Waals surface area contributed by atoms with Crippen LogP contribution in [0, 0.1) is 6.92 Å². The van der Waals surface area contributed by atoms with Gasteiger partial charge in [0.1, 0.15) is 0 Å². The quantitative estimate of drug-likeness (QED) is 0.820. The summed E-state index contributed by atoms with van der Waals surface area (Å²) >= 11 is 4.90. The summed E-state index contributed by atoms with van der Waals surface area (Å²) in [7, 11) is 0. The zero-order chi connectivity index (χ0) is 12.8. The van der Waals surface area contributed by atoms with Gasteiger partial charge in [-0.25, -0.2) is 0 Å². The molecule has 0 aliphatic carbocycles. The number of rotatable bonds is 5. The van der Waals surface area contributed by atoms with Gasteiger partial charge in [0.2, 0.25) is 5.91 Å². The Kier molecular flexibility index (Phi) is 6.02. The Morgan fingerprint density at radius 1 is 1.59 bits per heavy atom. The van der Waals surface area contributed by atoms with E-state index in [0.717, 1.165) is 14.9 Å². The summed E-state index contributed by atoms with van der Waals surface area (Å²) < 4.78 is 1.04. The third kappa shape index (κ3) is 5.57. The van der Waals surface area contributed by atoms with E-state index < -0.39 is 6.10 Å². The maximum Gasteiger partial charge on any atom is 0.230 e. The lowest BCUT2D eigenvalue weighted by molar-refractivity contribution is -0.118. The van der Waals surface area contributed by atoms with Crippen molar-refractivity contribution >= 4 is 33.6 Å². The van der Waals surface area contributed by atoms with Crippen LogP contribution in [-0.4, -0.2) is 29.4 Å². The standard InChI is InChI=1S/C12H16BrNO2S/c1-8-5-10(13)3-4-11(8)17-7-12(16)14-6-9(2)15/h3-5,9,15H,6-7H2,1-2H3,(H,14,16)/t9-/m1/s1. The van der Waals surface area contributed by atoms with Crippen molar-refractivity contribution in [3.05, 3.63) is 28.2 Å². The SMILES string of the molecule is Cc1cc(Br)ccc1SCC(=O)NC[C@@H](C)O. The molecule has 3 nitrogen and oxygen atoms in total. The van der Waals surface area contributed by atoms with Crippen LogP contribution in [0.2, 0.25) is 0 Å². The molecule has 1 aromatic rings. The lowest BCUT2D eigenvalue weighted by Gasteiger charge is -2.08. The summed E-state index contributed by atoms with van der Waals surface area (Å²) in [6, 6.07) is 5.98. The number of amides is 1. The van der Waals surface area contributed by atoms with Gasteiger partial charge in [0.15, 0.2) is 0 Å². The molecule has 1 aromatic carbocycles. The first-order chi connectivity index (χ1) is 7.99. The fraction of sp³-hybridized carbons (Fsp3) is 0.417. The van der Waals surface area contributed by atoms with Gasteiger partial charge in [0, 0.05) is 15.9 Å². The van der Waals surface area contributed by atoms with Gasteiger partial charge in [-0.05, 0) is 37.6 Å². The van der Waals surface area contributed by atoms with Gasteiger partial charge in [-0.2, -0.15) is 0 Å². The van der Waals surface area contributed by atoms with Crippen LogP contribution >= 0.6 is 27.7 Å². The highest BCUT2D eigenvalue weighted by Crippen LogP contribution is 2.24. The van der Waals surface area contributed by atoms with E-state index in [2.05, 4.69) is 21.2 Å². The molecule has 1 rings (SSSR count). The van der Waals surface area contributed by atoms with Crippen molar-refractivity contribution in [3.63, 3.8) is 0 Å². The van der Waals surface area contributed by atoms with Crippen LogP contribution in [0.4, 0.5) is 0 Å². The Hall–Kier alpha value is -0.520. The molecule has 0 saturated heterocycles. The number of carbonyl (C=O) groups is 1. The van der Waals surface area contributed by atoms with Crippen molar-refractivity contribution in [3.8, 4) is 0 Å². The largest absolute Gasteiger partial charge is 0.392 e. The van der Waals surface area contributed by atoms with Gasteiger partial charge in [-0.3, -0.25) is 4.79 Å². The Bertz CT molecular complexity index is 396. The normalized spacial score (nSPS) is 12.2. The zero-order valence-electron chi connectivity index (χ0n) is 9.87. The van der Waals surface area contributed by atoms with Crippen molar-refractivity contribution in [2.24, 2.45) is 0 Å². The Labute approximate surface area is 114 Å². The number of halogens is 1. The fourth-order valence-corrected chi connectivity index (χ4v) is 2.55. The summed E-state index contributed by atoms with van der Waals surface area (Å²) in [5.41, 5.74) is 1.15. The number of nitrogens with one attached hydrogen (secondary N) is 1. The number of thioether (sulfide) groups is 1. The summed E-state index contributed by atoms with van der Waals surface area (Å²) in [6.45, 7) is 3.96. The maximum atomic E-state index is 11.4. The highest BCUT2D eigenvalue weighted by molar-refractivity contribution is 9.10. The summed E-state index contributed by atoms with van der Waals surface area (Å²) in [4.78, 5) is 12.5. The van der Waals surface area contributed by atoms with E-state index >= 15 is 0 Å². The molecule has 94 valence electrons. The molecule has 0 fully saturated rings. The van der Waals surface area contributed by atoms with Crippen LogP contribution in [0.25, 0.3) is 0 Å². The van der Waals surface area contributed by atoms with Crippen LogP contribution in [0.15, 0.2) is 27.6 Å². The molecule has 0 bridgehead atoms. The number of aliphatic hydroxyl groups excluding tert-OH is 1. The molecule has 0 unspecified atom stereocenters. The summed E-state index contributed by atoms with van der Waals surface area (Å²) in [6.07, 6.45) is -0.502. The van der Waals surface area contributed by atoms with E-state index in [0.29, 0.717) is 12.3 Å². The molecule has 0 heterocycles. The minimum Gasteiger partial charge on any atom is -0.392 e. The van der Waals surface area contributed by atoms with Crippen LogP contribution in [-0.2, 0) is 4.79 Å². The predicted molar refractivity (Wildman–Crippen MR) is 74.3 cm³/mol. The van der Waals surface area contributed by atoms with E-state index in [1.807, 2.05) is 25.1 Å². The molecule has 0 spiro atoms. The van der Waals surface area contributed by atoms with Crippen LogP contribution in [0.1, 0.15) is 12.5 Å². The average molecular weight is 318 g/mol. The third-order valence-electron chi connectivity index (χ3n) is 2.09. The molecule has 17 heavy (non-hydrogen) atoms. The van der Waals surface area contributed by atoms with Crippen molar-refractivity contribution in [1.29, 1.82) is 0 Å². The molecular formula is C12H16BrNO2S. The number of benzene rings is 1. The molecule has 0 saturated carbocycles. The lowest BCUT2D eigenvalue weighted by Crippen LogP contribution is -2.31. The van der Waals surface area contributed by atoms with Crippen LogP contribution < -0.4 is 5.32 Å². The van der Waals surface area contributed by atoms with Gasteiger partial charge in [-0.15, -0.1) is 11.8 Å². The Balaban J connectivity index is 2.42. The molecule has 1 amide bonds. The molecule has 0 aliphatic heterocycles.